The van der Waals surface area contributed by atoms with Crippen LogP contribution in [0.2, 0.25) is 0 Å². The molecule has 0 N–H and O–H groups in total. The molecule has 1 aliphatic carbocycles. The van der Waals surface area contributed by atoms with Crippen molar-refractivity contribution in [2.75, 3.05) is 0 Å². The van der Waals surface area contributed by atoms with Gasteiger partial charge in [-0.1, -0.05) is 91.9 Å². The summed E-state index contributed by atoms with van der Waals surface area (Å²) in [6.45, 7) is 4.68. The average Bonchev–Trinajstić information content (AvgIpc) is 3.43. The minimum absolute atomic E-state index is 0.0189. The molecule has 0 saturated heterocycles. The Bertz CT molecular complexity index is 1630. The number of rotatable bonds is 1. The third kappa shape index (κ3) is 2.14. The van der Waals surface area contributed by atoms with Crippen LogP contribution < -0.4 is 0 Å². The van der Waals surface area contributed by atoms with Gasteiger partial charge in [0.15, 0.2) is 5.13 Å². The Balaban J connectivity index is 1.71. The first kappa shape index (κ1) is 17.3. The number of nitrogens with zero attached hydrogens (tertiary/aromatic N) is 2. The van der Waals surface area contributed by atoms with Crippen molar-refractivity contribution in [1.82, 2.24) is 9.55 Å². The molecule has 0 saturated carbocycles. The number of fused-ring (bicyclic) bond motifs is 8. The number of hydrogen-bond donors (Lipinski definition) is 0. The van der Waals surface area contributed by atoms with E-state index in [1.807, 2.05) is 0 Å². The number of para-hydroxylation sites is 2. The molecule has 3 heteroatoms. The second kappa shape index (κ2) is 5.83. The molecule has 0 radical (unpaired) electrons. The molecule has 4 aromatic carbocycles. The SMILES string of the molecule is CC1(C)c2ccccc2-c2c1ccc1c3ccccc3n(-c3nc4ccccc4s3)c21. The minimum Gasteiger partial charge on any atom is -0.285 e. The zero-order valence-electron chi connectivity index (χ0n) is 17.4. The molecule has 2 aromatic heterocycles. The molecule has 148 valence electrons. The van der Waals surface area contributed by atoms with E-state index in [1.54, 1.807) is 11.3 Å². The molecule has 0 amide bonds. The van der Waals surface area contributed by atoms with Crippen LogP contribution in [0, 0.1) is 0 Å². The normalized spacial score (nSPS) is 14.4. The van der Waals surface area contributed by atoms with E-state index in [9.17, 15) is 0 Å². The van der Waals surface area contributed by atoms with Crippen molar-refractivity contribution >= 4 is 43.4 Å². The van der Waals surface area contributed by atoms with E-state index in [2.05, 4.69) is 103 Å². The molecule has 1 aliphatic rings. The highest BCUT2D eigenvalue weighted by Gasteiger charge is 2.37. The van der Waals surface area contributed by atoms with Crippen LogP contribution in [0.4, 0.5) is 0 Å². The fourth-order valence-electron chi connectivity index (χ4n) is 5.40. The number of aromatic nitrogens is 2. The quantitative estimate of drug-likeness (QED) is 0.268. The first-order valence-corrected chi connectivity index (χ1v) is 11.5. The molecule has 0 bridgehead atoms. The van der Waals surface area contributed by atoms with Gasteiger partial charge in [-0.25, -0.2) is 4.98 Å². The van der Waals surface area contributed by atoms with Gasteiger partial charge in [-0.05, 0) is 34.9 Å². The summed E-state index contributed by atoms with van der Waals surface area (Å²) < 4.78 is 3.61. The Hall–Kier alpha value is -3.43. The molecule has 7 rings (SSSR count). The van der Waals surface area contributed by atoms with Gasteiger partial charge in [-0.2, -0.15) is 0 Å². The summed E-state index contributed by atoms with van der Waals surface area (Å²) in [5.74, 6) is 0. The number of benzene rings is 4. The fourth-order valence-corrected chi connectivity index (χ4v) is 6.38. The van der Waals surface area contributed by atoms with Gasteiger partial charge in [-0.15, -0.1) is 0 Å². The van der Waals surface area contributed by atoms with Gasteiger partial charge in [-0.3, -0.25) is 4.57 Å². The zero-order valence-corrected chi connectivity index (χ0v) is 18.2. The van der Waals surface area contributed by atoms with Gasteiger partial charge in [0.05, 0.1) is 21.3 Å². The van der Waals surface area contributed by atoms with Crippen molar-refractivity contribution in [3.8, 4) is 16.3 Å². The highest BCUT2D eigenvalue weighted by molar-refractivity contribution is 7.20. The lowest BCUT2D eigenvalue weighted by molar-refractivity contribution is 0.661. The van der Waals surface area contributed by atoms with E-state index >= 15 is 0 Å². The summed E-state index contributed by atoms with van der Waals surface area (Å²) in [6, 6.07) is 30.7. The molecule has 0 fully saturated rings. The molecule has 0 unspecified atom stereocenters. The van der Waals surface area contributed by atoms with Gasteiger partial charge >= 0.3 is 0 Å². The summed E-state index contributed by atoms with van der Waals surface area (Å²) in [4.78, 5) is 5.05. The topological polar surface area (TPSA) is 17.8 Å². The maximum absolute atomic E-state index is 5.05. The fraction of sp³-hybridized carbons (Fsp3) is 0.107. The highest BCUT2D eigenvalue weighted by Crippen LogP contribution is 2.52. The van der Waals surface area contributed by atoms with Gasteiger partial charge in [0.2, 0.25) is 0 Å². The second-order valence-electron chi connectivity index (χ2n) is 8.87. The van der Waals surface area contributed by atoms with Crippen molar-refractivity contribution in [3.63, 3.8) is 0 Å². The predicted molar refractivity (Wildman–Crippen MR) is 132 cm³/mol. The van der Waals surface area contributed by atoms with Gasteiger partial charge < -0.3 is 0 Å². The van der Waals surface area contributed by atoms with Crippen molar-refractivity contribution < 1.29 is 0 Å². The van der Waals surface area contributed by atoms with Crippen LogP contribution in [0.25, 0.3) is 48.3 Å². The monoisotopic (exact) mass is 416 g/mol. The lowest BCUT2D eigenvalue weighted by Crippen LogP contribution is -2.14. The summed E-state index contributed by atoms with van der Waals surface area (Å²) in [5, 5.41) is 3.60. The summed E-state index contributed by atoms with van der Waals surface area (Å²) in [6.07, 6.45) is 0. The number of hydrogen-bond acceptors (Lipinski definition) is 2. The number of thiazole rings is 1. The molecular weight excluding hydrogens is 396 g/mol. The lowest BCUT2D eigenvalue weighted by atomic mass is 9.82. The van der Waals surface area contributed by atoms with E-state index in [4.69, 9.17) is 4.98 Å². The molecule has 6 aromatic rings. The Morgan fingerprint density at radius 1 is 0.742 bits per heavy atom. The van der Waals surface area contributed by atoms with Crippen LogP contribution in [-0.4, -0.2) is 9.55 Å². The first-order chi connectivity index (χ1) is 15.1. The van der Waals surface area contributed by atoms with E-state index in [0.29, 0.717) is 0 Å². The molecule has 0 atom stereocenters. The Morgan fingerprint density at radius 3 is 2.42 bits per heavy atom. The van der Waals surface area contributed by atoms with Gasteiger partial charge in [0.1, 0.15) is 0 Å². The first-order valence-electron chi connectivity index (χ1n) is 10.7. The largest absolute Gasteiger partial charge is 0.285 e. The molecular formula is C28H20N2S. The minimum atomic E-state index is -0.0189. The molecule has 0 aliphatic heterocycles. The van der Waals surface area contributed by atoms with Crippen LogP contribution in [0.5, 0.6) is 0 Å². The van der Waals surface area contributed by atoms with Gasteiger partial charge in [0.25, 0.3) is 0 Å². The maximum atomic E-state index is 5.05. The van der Waals surface area contributed by atoms with Crippen LogP contribution in [0.15, 0.2) is 84.9 Å². The van der Waals surface area contributed by atoms with Crippen LogP contribution >= 0.6 is 11.3 Å². The molecule has 0 spiro atoms. The van der Waals surface area contributed by atoms with Crippen molar-refractivity contribution in [2.45, 2.75) is 19.3 Å². The van der Waals surface area contributed by atoms with Crippen LogP contribution in [0.1, 0.15) is 25.0 Å². The standard InChI is InChI=1S/C28H20N2S/c1-28(2)20-11-5-3-10-19(20)25-21(28)16-15-18-17-9-4-7-13-23(17)30(26(18)25)27-29-22-12-6-8-14-24(22)31-27/h3-16H,1-2H3. The highest BCUT2D eigenvalue weighted by atomic mass is 32.1. The van der Waals surface area contributed by atoms with Crippen LogP contribution in [0.3, 0.4) is 0 Å². The van der Waals surface area contributed by atoms with E-state index < -0.39 is 0 Å². The Morgan fingerprint density at radius 2 is 1.52 bits per heavy atom. The summed E-state index contributed by atoms with van der Waals surface area (Å²) >= 11 is 1.76. The van der Waals surface area contributed by atoms with Crippen molar-refractivity contribution in [1.29, 1.82) is 0 Å². The molecule has 2 nitrogen and oxygen atoms in total. The third-order valence-corrected chi connectivity index (χ3v) is 7.88. The molecule has 2 heterocycles. The Labute approximate surface area is 184 Å². The zero-order chi connectivity index (χ0) is 20.7. The van der Waals surface area contributed by atoms with Crippen LogP contribution in [-0.2, 0) is 5.41 Å². The Kier molecular flexibility index (Phi) is 3.25. The maximum Gasteiger partial charge on any atom is 0.195 e. The van der Waals surface area contributed by atoms with E-state index in [1.165, 1.54) is 48.8 Å². The smallest absolute Gasteiger partial charge is 0.195 e. The third-order valence-electron chi connectivity index (χ3n) is 6.85. The molecule has 31 heavy (non-hydrogen) atoms. The second-order valence-corrected chi connectivity index (χ2v) is 9.88. The average molecular weight is 417 g/mol. The van der Waals surface area contributed by atoms with E-state index in [-0.39, 0.29) is 5.41 Å². The lowest BCUT2D eigenvalue weighted by Gasteiger charge is -2.21. The van der Waals surface area contributed by atoms with Crippen molar-refractivity contribution in [3.05, 3.63) is 96.1 Å². The predicted octanol–water partition coefficient (Wildman–Crippen LogP) is 7.70. The van der Waals surface area contributed by atoms with E-state index in [0.717, 1.165) is 10.6 Å². The van der Waals surface area contributed by atoms with Gasteiger partial charge in [0, 0.05) is 21.8 Å². The van der Waals surface area contributed by atoms with Crippen molar-refractivity contribution in [2.24, 2.45) is 0 Å². The summed E-state index contributed by atoms with van der Waals surface area (Å²) in [7, 11) is 0. The summed E-state index contributed by atoms with van der Waals surface area (Å²) in [5.41, 5.74) is 9.02.